The van der Waals surface area contributed by atoms with Crippen LogP contribution in [0.2, 0.25) is 5.02 Å². The molecule has 17 heavy (non-hydrogen) atoms. The lowest BCUT2D eigenvalue weighted by molar-refractivity contribution is 0.613. The second-order valence-corrected chi connectivity index (χ2v) is 5.34. The van der Waals surface area contributed by atoms with Crippen molar-refractivity contribution in [3.63, 3.8) is 0 Å². The molecule has 1 aromatic heterocycles. The second-order valence-electron chi connectivity index (χ2n) is 3.41. The van der Waals surface area contributed by atoms with Crippen molar-refractivity contribution >= 4 is 34.5 Å². The first-order valence-corrected chi connectivity index (χ1v) is 6.73. The van der Waals surface area contributed by atoms with Crippen molar-refractivity contribution in [3.05, 3.63) is 44.6 Å². The molecule has 1 aromatic carbocycles. The Balaban J connectivity index is 2.19. The lowest BCUT2D eigenvalue weighted by Crippen LogP contribution is -1.93. The molecule has 2 aromatic rings. The number of benzene rings is 1. The van der Waals surface area contributed by atoms with E-state index in [4.69, 9.17) is 23.2 Å². The summed E-state index contributed by atoms with van der Waals surface area (Å²) in [4.78, 5) is 0. The van der Waals surface area contributed by atoms with Gasteiger partial charge in [0.25, 0.3) is 0 Å². The quantitative estimate of drug-likeness (QED) is 0.803. The minimum Gasteiger partial charge on any atom is -0.207 e. The van der Waals surface area contributed by atoms with Gasteiger partial charge in [0, 0.05) is 29.3 Å². The molecule has 0 spiro atoms. The van der Waals surface area contributed by atoms with Crippen LogP contribution in [0.15, 0.2) is 18.2 Å². The lowest BCUT2D eigenvalue weighted by atomic mass is 10.1. The van der Waals surface area contributed by atoms with Crippen LogP contribution < -0.4 is 0 Å². The first-order chi connectivity index (χ1) is 8.20. The van der Waals surface area contributed by atoms with Gasteiger partial charge in [-0.3, -0.25) is 0 Å². The highest BCUT2D eigenvalue weighted by Crippen LogP contribution is 2.23. The Hall–Kier alpha value is -0.710. The van der Waals surface area contributed by atoms with Crippen LogP contribution in [0.3, 0.4) is 0 Å². The van der Waals surface area contributed by atoms with Gasteiger partial charge in [-0.15, -0.1) is 33.1 Å². The predicted molar refractivity (Wildman–Crippen MR) is 68.5 cm³/mol. The number of halogens is 3. The summed E-state index contributed by atoms with van der Waals surface area (Å²) >= 11 is 13.0. The van der Waals surface area contributed by atoms with Gasteiger partial charge in [0.15, 0.2) is 0 Å². The minimum absolute atomic E-state index is 0.313. The number of alkyl halides is 1. The topological polar surface area (TPSA) is 25.8 Å². The molecule has 0 saturated heterocycles. The Morgan fingerprint density at radius 1 is 1.24 bits per heavy atom. The summed E-state index contributed by atoms with van der Waals surface area (Å²) in [6, 6.07) is 4.64. The molecule has 6 heteroatoms. The maximum absolute atomic E-state index is 13.5. The van der Waals surface area contributed by atoms with Gasteiger partial charge >= 0.3 is 0 Å². The highest BCUT2D eigenvalue weighted by atomic mass is 35.5. The van der Waals surface area contributed by atoms with Crippen molar-refractivity contribution in [2.45, 2.75) is 12.8 Å². The van der Waals surface area contributed by atoms with Crippen LogP contribution in [0.1, 0.15) is 15.6 Å². The van der Waals surface area contributed by atoms with Crippen LogP contribution in [-0.2, 0) is 12.8 Å². The van der Waals surface area contributed by atoms with Crippen molar-refractivity contribution in [2.75, 3.05) is 5.88 Å². The molecule has 0 aliphatic heterocycles. The molecule has 0 aliphatic rings. The highest BCUT2D eigenvalue weighted by molar-refractivity contribution is 7.11. The molecule has 0 unspecified atom stereocenters. The maximum atomic E-state index is 13.5. The number of aryl methyl sites for hydroxylation is 1. The molecule has 1 heterocycles. The molecule has 2 rings (SSSR count). The Morgan fingerprint density at radius 3 is 2.71 bits per heavy atom. The number of nitrogens with zero attached hydrogens (tertiary/aromatic N) is 2. The summed E-state index contributed by atoms with van der Waals surface area (Å²) in [6.45, 7) is 0. The van der Waals surface area contributed by atoms with Gasteiger partial charge in [0.2, 0.25) is 0 Å². The average Bonchev–Trinajstić information content (AvgIpc) is 2.72. The fraction of sp³-hybridized carbons (Fsp3) is 0.273. The fourth-order valence-corrected chi connectivity index (χ4v) is 2.77. The van der Waals surface area contributed by atoms with Gasteiger partial charge in [-0.25, -0.2) is 4.39 Å². The zero-order valence-corrected chi connectivity index (χ0v) is 11.1. The third kappa shape index (κ3) is 3.15. The minimum atomic E-state index is -0.313. The Labute approximate surface area is 112 Å². The van der Waals surface area contributed by atoms with Crippen molar-refractivity contribution in [1.29, 1.82) is 0 Å². The van der Waals surface area contributed by atoms with E-state index in [-0.39, 0.29) is 5.82 Å². The number of hydrogen-bond acceptors (Lipinski definition) is 3. The van der Waals surface area contributed by atoms with Gasteiger partial charge in [0.05, 0.1) is 0 Å². The summed E-state index contributed by atoms with van der Waals surface area (Å²) in [5.74, 6) is 0.196. The normalized spacial score (nSPS) is 10.8. The van der Waals surface area contributed by atoms with Crippen molar-refractivity contribution in [3.8, 4) is 0 Å². The van der Waals surface area contributed by atoms with Crippen LogP contribution in [0.5, 0.6) is 0 Å². The van der Waals surface area contributed by atoms with E-state index in [2.05, 4.69) is 10.2 Å². The highest BCUT2D eigenvalue weighted by Gasteiger charge is 2.11. The zero-order valence-electron chi connectivity index (χ0n) is 8.79. The first kappa shape index (κ1) is 12.7. The maximum Gasteiger partial charge on any atom is 0.128 e. The molecule has 0 N–H and O–H groups in total. The molecular weight excluding hydrogens is 282 g/mol. The Bertz CT molecular complexity index is 496. The van der Waals surface area contributed by atoms with Crippen LogP contribution >= 0.6 is 34.5 Å². The number of hydrogen-bond donors (Lipinski definition) is 0. The van der Waals surface area contributed by atoms with E-state index in [9.17, 15) is 4.39 Å². The molecule has 0 bridgehead atoms. The van der Waals surface area contributed by atoms with Crippen molar-refractivity contribution in [2.24, 2.45) is 0 Å². The van der Waals surface area contributed by atoms with Crippen LogP contribution in [0.4, 0.5) is 4.39 Å². The fourth-order valence-electron chi connectivity index (χ4n) is 1.39. The van der Waals surface area contributed by atoms with Gasteiger partial charge < -0.3 is 0 Å². The molecule has 0 atom stereocenters. The second kappa shape index (κ2) is 5.76. The van der Waals surface area contributed by atoms with Crippen LogP contribution in [-0.4, -0.2) is 16.1 Å². The Morgan fingerprint density at radius 2 is 2.00 bits per heavy atom. The van der Waals surface area contributed by atoms with E-state index < -0.39 is 0 Å². The van der Waals surface area contributed by atoms with E-state index >= 15 is 0 Å². The molecular formula is C11H9Cl2FN2S. The monoisotopic (exact) mass is 290 g/mol. The zero-order chi connectivity index (χ0) is 12.3. The van der Waals surface area contributed by atoms with E-state index in [1.165, 1.54) is 17.4 Å². The van der Waals surface area contributed by atoms with Crippen LogP contribution in [0.25, 0.3) is 0 Å². The van der Waals surface area contributed by atoms with Gasteiger partial charge in [0.1, 0.15) is 15.8 Å². The molecule has 90 valence electrons. The first-order valence-electron chi connectivity index (χ1n) is 5.01. The molecule has 0 saturated carbocycles. The van der Waals surface area contributed by atoms with E-state index in [0.29, 0.717) is 29.3 Å². The predicted octanol–water partition coefficient (Wildman–Crippen LogP) is 3.70. The summed E-state index contributed by atoms with van der Waals surface area (Å²) in [5, 5.41) is 10.0. The summed E-state index contributed by atoms with van der Waals surface area (Å²) in [6.07, 6.45) is 1.05. The lowest BCUT2D eigenvalue weighted by Gasteiger charge is -2.02. The van der Waals surface area contributed by atoms with Gasteiger partial charge in [-0.1, -0.05) is 17.7 Å². The van der Waals surface area contributed by atoms with E-state index in [1.54, 1.807) is 12.1 Å². The summed E-state index contributed by atoms with van der Waals surface area (Å²) < 4.78 is 13.5. The standard InChI is InChI=1S/C11H9Cl2FN2S/c12-5-4-10-15-16-11(17-10)6-7-8(13)2-1-3-9(7)14/h1-3H,4-6H2. The van der Waals surface area contributed by atoms with Gasteiger partial charge in [-0.2, -0.15) is 0 Å². The summed E-state index contributed by atoms with van der Waals surface area (Å²) in [5.41, 5.74) is 0.461. The smallest absolute Gasteiger partial charge is 0.128 e. The van der Waals surface area contributed by atoms with E-state index in [0.717, 1.165) is 10.0 Å². The number of rotatable bonds is 4. The third-order valence-corrected chi connectivity index (χ3v) is 3.73. The van der Waals surface area contributed by atoms with Crippen molar-refractivity contribution < 1.29 is 4.39 Å². The molecule has 0 aliphatic carbocycles. The molecule has 0 radical (unpaired) electrons. The van der Waals surface area contributed by atoms with Gasteiger partial charge in [-0.05, 0) is 12.1 Å². The number of aromatic nitrogens is 2. The average molecular weight is 291 g/mol. The molecule has 2 nitrogen and oxygen atoms in total. The molecule has 0 amide bonds. The molecule has 0 fully saturated rings. The summed E-state index contributed by atoms with van der Waals surface area (Å²) in [7, 11) is 0. The third-order valence-electron chi connectivity index (χ3n) is 2.21. The van der Waals surface area contributed by atoms with Crippen molar-refractivity contribution in [1.82, 2.24) is 10.2 Å². The SMILES string of the molecule is Fc1cccc(Cl)c1Cc1nnc(CCCl)s1. The van der Waals surface area contributed by atoms with Crippen LogP contribution in [0, 0.1) is 5.82 Å². The Kier molecular flexibility index (Phi) is 4.31. The largest absolute Gasteiger partial charge is 0.207 e. The van der Waals surface area contributed by atoms with E-state index in [1.807, 2.05) is 0 Å².